The van der Waals surface area contributed by atoms with Crippen LogP contribution in [0.4, 0.5) is 5.69 Å². The number of aryl methyl sites for hydroxylation is 1. The molecule has 130 valence electrons. The topological polar surface area (TPSA) is 76.1 Å². The van der Waals surface area contributed by atoms with E-state index in [2.05, 4.69) is 0 Å². The Bertz CT molecular complexity index is 802. The van der Waals surface area contributed by atoms with Crippen LogP contribution in [0.5, 0.6) is 11.5 Å². The van der Waals surface area contributed by atoms with Crippen LogP contribution in [0.1, 0.15) is 22.3 Å². The van der Waals surface area contributed by atoms with Gasteiger partial charge < -0.3 is 19.5 Å². The van der Waals surface area contributed by atoms with Crippen molar-refractivity contribution in [3.05, 3.63) is 53.6 Å². The van der Waals surface area contributed by atoms with E-state index >= 15 is 0 Å². The lowest BCUT2D eigenvalue weighted by atomic mass is 10.0. The number of nitrogens with zero attached hydrogens (tertiary/aromatic N) is 1. The maximum absolute atomic E-state index is 12.6. The molecule has 0 saturated heterocycles. The highest BCUT2D eigenvalue weighted by molar-refractivity contribution is 5.96. The molecule has 0 aliphatic carbocycles. The van der Waals surface area contributed by atoms with Crippen molar-refractivity contribution in [2.75, 3.05) is 25.2 Å². The van der Waals surface area contributed by atoms with Gasteiger partial charge in [0.25, 0.3) is 5.91 Å². The van der Waals surface area contributed by atoms with Gasteiger partial charge in [-0.3, -0.25) is 4.79 Å². The number of carbonyl (C=O) groups is 2. The van der Waals surface area contributed by atoms with Gasteiger partial charge in [0, 0.05) is 12.2 Å². The van der Waals surface area contributed by atoms with E-state index in [1.807, 2.05) is 18.2 Å². The highest BCUT2D eigenvalue weighted by atomic mass is 16.5. The summed E-state index contributed by atoms with van der Waals surface area (Å²) < 4.78 is 10.7. The number of carboxylic acid groups (broad SMARTS) is 1. The minimum absolute atomic E-state index is 0.0408. The fourth-order valence-electron chi connectivity index (χ4n) is 2.95. The quantitative estimate of drug-likeness (QED) is 0.905. The summed E-state index contributed by atoms with van der Waals surface area (Å²) in [6.07, 6.45) is 1.75. The molecule has 0 aromatic heterocycles. The van der Waals surface area contributed by atoms with Crippen LogP contribution >= 0.6 is 0 Å². The zero-order valence-electron chi connectivity index (χ0n) is 13.9. The second-order valence-electron chi connectivity index (χ2n) is 5.73. The summed E-state index contributed by atoms with van der Waals surface area (Å²) in [6, 6.07) is 11.9. The first kappa shape index (κ1) is 16.8. The first-order valence-corrected chi connectivity index (χ1v) is 8.02. The van der Waals surface area contributed by atoms with Crippen molar-refractivity contribution in [2.45, 2.75) is 12.8 Å². The van der Waals surface area contributed by atoms with Crippen LogP contribution in [0.2, 0.25) is 0 Å². The number of methoxy groups -OCH3 is 1. The van der Waals surface area contributed by atoms with Gasteiger partial charge in [-0.15, -0.1) is 0 Å². The summed E-state index contributed by atoms with van der Waals surface area (Å²) in [6.45, 7) is 0.401. The molecule has 1 N–H and O–H groups in total. The molecule has 2 aromatic rings. The molecule has 3 rings (SSSR count). The monoisotopic (exact) mass is 341 g/mol. The number of hydrogen-bond acceptors (Lipinski definition) is 4. The molecule has 2 aromatic carbocycles. The van der Waals surface area contributed by atoms with Gasteiger partial charge in [-0.05, 0) is 48.7 Å². The third-order valence-electron chi connectivity index (χ3n) is 4.17. The number of carboxylic acids is 1. The molecule has 0 spiro atoms. The molecule has 0 fully saturated rings. The molecule has 25 heavy (non-hydrogen) atoms. The minimum Gasteiger partial charge on any atom is -0.497 e. The number of ether oxygens (including phenoxy) is 2. The van der Waals surface area contributed by atoms with Crippen LogP contribution < -0.4 is 14.4 Å². The number of fused-ring (bicyclic) bond motifs is 1. The zero-order chi connectivity index (χ0) is 17.8. The second kappa shape index (κ2) is 7.25. The second-order valence-corrected chi connectivity index (χ2v) is 5.73. The molecule has 0 bridgehead atoms. The molecule has 6 heteroatoms. The molecule has 0 radical (unpaired) electrons. The van der Waals surface area contributed by atoms with E-state index in [4.69, 9.17) is 9.47 Å². The maximum atomic E-state index is 12.6. The first-order chi connectivity index (χ1) is 12.1. The highest BCUT2D eigenvalue weighted by Gasteiger charge is 2.23. The summed E-state index contributed by atoms with van der Waals surface area (Å²) in [5.74, 6) is -0.334. The molecular formula is C19H19NO5. The van der Waals surface area contributed by atoms with E-state index in [0.29, 0.717) is 6.54 Å². The summed E-state index contributed by atoms with van der Waals surface area (Å²) in [5.41, 5.74) is 1.95. The molecule has 0 atom stereocenters. The fraction of sp³-hybridized carbons (Fsp3) is 0.263. The van der Waals surface area contributed by atoms with Crippen molar-refractivity contribution >= 4 is 17.6 Å². The number of amides is 1. The Morgan fingerprint density at radius 2 is 2.00 bits per heavy atom. The highest BCUT2D eigenvalue weighted by Crippen LogP contribution is 2.30. The van der Waals surface area contributed by atoms with E-state index in [1.165, 1.54) is 6.07 Å². The lowest BCUT2D eigenvalue weighted by molar-refractivity contribution is -0.120. The van der Waals surface area contributed by atoms with E-state index in [1.54, 1.807) is 30.2 Å². The smallest absolute Gasteiger partial charge is 0.339 e. The summed E-state index contributed by atoms with van der Waals surface area (Å²) in [4.78, 5) is 25.5. The molecule has 0 unspecified atom stereocenters. The summed E-state index contributed by atoms with van der Waals surface area (Å²) >= 11 is 0. The van der Waals surface area contributed by atoms with Crippen molar-refractivity contribution in [3.8, 4) is 11.5 Å². The van der Waals surface area contributed by atoms with Crippen LogP contribution in [-0.2, 0) is 11.2 Å². The molecular weight excluding hydrogens is 322 g/mol. The number of aromatic carboxylic acids is 1. The third-order valence-corrected chi connectivity index (χ3v) is 4.17. The number of benzene rings is 2. The molecule has 1 aliphatic heterocycles. The van der Waals surface area contributed by atoms with Crippen LogP contribution in [-0.4, -0.2) is 37.2 Å². The predicted molar refractivity (Wildman–Crippen MR) is 92.6 cm³/mol. The van der Waals surface area contributed by atoms with Crippen LogP contribution in [0.25, 0.3) is 0 Å². The van der Waals surface area contributed by atoms with Crippen LogP contribution in [0.3, 0.4) is 0 Å². The Morgan fingerprint density at radius 3 is 2.76 bits per heavy atom. The maximum Gasteiger partial charge on any atom is 0.339 e. The average molecular weight is 341 g/mol. The van der Waals surface area contributed by atoms with Crippen molar-refractivity contribution in [3.63, 3.8) is 0 Å². The largest absolute Gasteiger partial charge is 0.497 e. The van der Waals surface area contributed by atoms with E-state index in [9.17, 15) is 14.7 Å². The Morgan fingerprint density at radius 1 is 1.20 bits per heavy atom. The van der Waals surface area contributed by atoms with Gasteiger partial charge in [-0.25, -0.2) is 4.79 Å². The van der Waals surface area contributed by atoms with Gasteiger partial charge in [-0.1, -0.05) is 12.1 Å². The van der Waals surface area contributed by atoms with Crippen molar-refractivity contribution in [2.24, 2.45) is 0 Å². The molecule has 1 aliphatic rings. The zero-order valence-corrected chi connectivity index (χ0v) is 13.9. The fourth-order valence-corrected chi connectivity index (χ4v) is 2.95. The van der Waals surface area contributed by atoms with Gasteiger partial charge >= 0.3 is 5.97 Å². The van der Waals surface area contributed by atoms with Gasteiger partial charge in [0.05, 0.1) is 7.11 Å². The number of anilines is 1. The van der Waals surface area contributed by atoms with Crippen molar-refractivity contribution in [1.82, 2.24) is 0 Å². The Labute approximate surface area is 145 Å². The number of carbonyl (C=O) groups excluding carboxylic acids is 1. The average Bonchev–Trinajstić information content (AvgIpc) is 2.65. The van der Waals surface area contributed by atoms with Gasteiger partial charge in [0.15, 0.2) is 6.61 Å². The van der Waals surface area contributed by atoms with E-state index in [-0.39, 0.29) is 23.8 Å². The Balaban J connectivity index is 1.74. The standard InChI is InChI=1S/C19H19NO5/c1-24-14-8-9-16-13(11-14)5-4-10-20(16)18(21)12-25-17-7-3-2-6-15(17)19(22)23/h2-3,6-9,11H,4-5,10,12H2,1H3,(H,22,23). The van der Waals surface area contributed by atoms with Gasteiger partial charge in [0.2, 0.25) is 0 Å². The Hall–Kier alpha value is -3.02. The minimum atomic E-state index is -1.08. The van der Waals surface area contributed by atoms with E-state index < -0.39 is 5.97 Å². The van der Waals surface area contributed by atoms with Crippen LogP contribution in [0, 0.1) is 0 Å². The Kier molecular flexibility index (Phi) is 4.88. The van der Waals surface area contributed by atoms with Crippen LogP contribution in [0.15, 0.2) is 42.5 Å². The normalized spacial score (nSPS) is 13.1. The molecule has 6 nitrogen and oxygen atoms in total. The van der Waals surface area contributed by atoms with Crippen molar-refractivity contribution < 1.29 is 24.2 Å². The lowest BCUT2D eigenvalue weighted by Gasteiger charge is -2.29. The van der Waals surface area contributed by atoms with E-state index in [0.717, 1.165) is 29.8 Å². The first-order valence-electron chi connectivity index (χ1n) is 8.02. The van der Waals surface area contributed by atoms with Crippen molar-refractivity contribution in [1.29, 1.82) is 0 Å². The number of hydrogen-bond donors (Lipinski definition) is 1. The summed E-state index contributed by atoms with van der Waals surface area (Å²) in [5, 5.41) is 9.17. The predicted octanol–water partition coefficient (Wildman–Crippen LogP) is 2.75. The molecule has 1 amide bonds. The van der Waals surface area contributed by atoms with Gasteiger partial charge in [0.1, 0.15) is 17.1 Å². The lowest BCUT2D eigenvalue weighted by Crippen LogP contribution is -2.38. The number of rotatable bonds is 5. The van der Waals surface area contributed by atoms with Gasteiger partial charge in [-0.2, -0.15) is 0 Å². The summed E-state index contributed by atoms with van der Waals surface area (Å²) in [7, 11) is 1.61. The SMILES string of the molecule is COc1ccc2c(c1)CCCN2C(=O)COc1ccccc1C(=O)O. The molecule has 1 heterocycles. The third kappa shape index (κ3) is 3.57. The molecule has 0 saturated carbocycles. The number of para-hydroxylation sites is 1.